The number of nitrogens with two attached hydrogens (primary N) is 1. The second-order valence-electron chi connectivity index (χ2n) is 4.85. The molecule has 0 bridgehead atoms. The molecule has 0 spiro atoms. The van der Waals surface area contributed by atoms with E-state index in [1.54, 1.807) is 0 Å². The van der Waals surface area contributed by atoms with Crippen molar-refractivity contribution in [3.63, 3.8) is 0 Å². The number of nitrogens with zero attached hydrogens (tertiary/aromatic N) is 5. The largest absolute Gasteiger partial charge is 0.501 e. The van der Waals surface area contributed by atoms with E-state index >= 15 is 0 Å². The van der Waals surface area contributed by atoms with E-state index in [4.69, 9.17) is 28.9 Å². The van der Waals surface area contributed by atoms with Gasteiger partial charge < -0.3 is 5.73 Å². The molecule has 2 N–H and O–H groups in total. The van der Waals surface area contributed by atoms with E-state index in [9.17, 15) is 21.6 Å². The highest BCUT2D eigenvalue weighted by Crippen LogP contribution is 2.38. The molecular weight excluding hydrogens is 420 g/mol. The second kappa shape index (κ2) is 6.14. The fourth-order valence-corrected chi connectivity index (χ4v) is 3.66. The maximum Gasteiger partial charge on any atom is 0.501 e. The minimum absolute atomic E-state index is 0.00530. The maximum atomic E-state index is 12.7. The maximum absolute atomic E-state index is 12.7. The van der Waals surface area contributed by atoms with Crippen LogP contribution in [0.4, 0.5) is 19.0 Å². The minimum Gasteiger partial charge on any atom is -0.382 e. The van der Waals surface area contributed by atoms with Gasteiger partial charge in [0.2, 0.25) is 0 Å². The molecule has 0 unspecified atom stereocenters. The first-order chi connectivity index (χ1) is 12.0. The summed E-state index contributed by atoms with van der Waals surface area (Å²) in [6, 6.07) is 1.25. The summed E-state index contributed by atoms with van der Waals surface area (Å²) in [5.41, 5.74) is 0.682. The fourth-order valence-electron chi connectivity index (χ4n) is 2.07. The number of hydrogen-bond acceptors (Lipinski definition) is 6. The Morgan fingerprint density at radius 1 is 1.12 bits per heavy atom. The van der Waals surface area contributed by atoms with Gasteiger partial charge in [-0.15, -0.1) is 0 Å². The van der Waals surface area contributed by atoms with Crippen LogP contribution in [0.2, 0.25) is 10.0 Å². The molecule has 1 aromatic carbocycles. The topological polar surface area (TPSA) is 109 Å². The molecule has 26 heavy (non-hydrogen) atoms. The first-order valence-corrected chi connectivity index (χ1v) is 8.77. The van der Waals surface area contributed by atoms with Gasteiger partial charge in [-0.3, -0.25) is 0 Å². The lowest BCUT2D eigenvalue weighted by atomic mass is 10.3. The predicted octanol–water partition coefficient (Wildman–Crippen LogP) is 2.64. The Hall–Kier alpha value is -2.31. The molecule has 14 heteroatoms. The van der Waals surface area contributed by atoms with Crippen molar-refractivity contribution in [3.05, 3.63) is 41.0 Å². The zero-order valence-corrected chi connectivity index (χ0v) is 14.6. The van der Waals surface area contributed by atoms with Crippen LogP contribution in [0.5, 0.6) is 0 Å². The second-order valence-corrected chi connectivity index (χ2v) is 7.61. The van der Waals surface area contributed by atoms with E-state index in [1.165, 1.54) is 23.5 Å². The molecule has 0 amide bonds. The van der Waals surface area contributed by atoms with E-state index in [0.717, 1.165) is 4.68 Å². The standard InChI is InChI=1S/C12H7Cl2F3N6O2S/c13-7-1-6(26(24,25)12(15,16)17)2-8(14)10(7)23-11(18)9(3-20-23)22-5-19-4-21-22/h1-5H,18H2. The van der Waals surface area contributed by atoms with Gasteiger partial charge in [-0.05, 0) is 12.1 Å². The van der Waals surface area contributed by atoms with E-state index in [-0.39, 0.29) is 21.6 Å². The number of hydrogen-bond donors (Lipinski definition) is 1. The number of sulfone groups is 1. The van der Waals surface area contributed by atoms with Crippen LogP contribution in [-0.4, -0.2) is 38.5 Å². The lowest BCUT2D eigenvalue weighted by Gasteiger charge is -2.13. The first kappa shape index (κ1) is 18.5. The van der Waals surface area contributed by atoms with E-state index in [2.05, 4.69) is 15.2 Å². The van der Waals surface area contributed by atoms with Gasteiger partial charge in [0, 0.05) is 0 Å². The molecular formula is C12H7Cl2F3N6O2S. The normalized spacial score (nSPS) is 12.5. The van der Waals surface area contributed by atoms with Crippen molar-refractivity contribution in [2.75, 3.05) is 5.73 Å². The van der Waals surface area contributed by atoms with E-state index in [1.807, 2.05) is 0 Å². The van der Waals surface area contributed by atoms with Gasteiger partial charge in [-0.1, -0.05) is 23.2 Å². The van der Waals surface area contributed by atoms with Crippen LogP contribution in [0.1, 0.15) is 0 Å². The van der Waals surface area contributed by atoms with Crippen LogP contribution in [0.15, 0.2) is 35.9 Å². The number of halogens is 5. The van der Waals surface area contributed by atoms with E-state index < -0.39 is 20.2 Å². The SMILES string of the molecule is Nc1c(-n2cncn2)cnn1-c1c(Cl)cc(S(=O)(=O)C(F)(F)F)cc1Cl. The lowest BCUT2D eigenvalue weighted by Crippen LogP contribution is -2.23. The van der Waals surface area contributed by atoms with Gasteiger partial charge in [0.05, 0.1) is 21.1 Å². The van der Waals surface area contributed by atoms with E-state index in [0.29, 0.717) is 17.8 Å². The van der Waals surface area contributed by atoms with Gasteiger partial charge in [-0.25, -0.2) is 22.8 Å². The molecule has 0 aliphatic carbocycles. The van der Waals surface area contributed by atoms with Crippen molar-refractivity contribution in [3.8, 4) is 11.4 Å². The number of benzene rings is 1. The Labute approximate surface area is 153 Å². The lowest BCUT2D eigenvalue weighted by molar-refractivity contribution is -0.0436. The van der Waals surface area contributed by atoms with Crippen molar-refractivity contribution in [1.82, 2.24) is 24.5 Å². The van der Waals surface area contributed by atoms with Gasteiger partial charge in [0.25, 0.3) is 9.84 Å². The van der Waals surface area contributed by atoms with Crippen LogP contribution in [0.3, 0.4) is 0 Å². The quantitative estimate of drug-likeness (QED) is 0.689. The summed E-state index contributed by atoms with van der Waals surface area (Å²) in [5, 5.41) is 7.06. The highest BCUT2D eigenvalue weighted by atomic mass is 35.5. The fraction of sp³-hybridized carbons (Fsp3) is 0.0833. The van der Waals surface area contributed by atoms with Crippen LogP contribution < -0.4 is 5.73 Å². The summed E-state index contributed by atoms with van der Waals surface area (Å²) in [6.07, 6.45) is 3.91. The van der Waals surface area contributed by atoms with Crippen LogP contribution >= 0.6 is 23.2 Å². The highest BCUT2D eigenvalue weighted by molar-refractivity contribution is 7.92. The van der Waals surface area contributed by atoms with Crippen molar-refractivity contribution in [2.45, 2.75) is 10.4 Å². The van der Waals surface area contributed by atoms with Gasteiger partial charge in [0.15, 0.2) is 5.82 Å². The van der Waals surface area contributed by atoms with Crippen molar-refractivity contribution >= 4 is 38.9 Å². The molecule has 3 rings (SSSR count). The molecule has 0 saturated carbocycles. The zero-order chi connectivity index (χ0) is 19.3. The average molecular weight is 427 g/mol. The van der Waals surface area contributed by atoms with Gasteiger partial charge in [0.1, 0.15) is 24.0 Å². The van der Waals surface area contributed by atoms with Crippen LogP contribution in [-0.2, 0) is 9.84 Å². The monoisotopic (exact) mass is 426 g/mol. The van der Waals surface area contributed by atoms with Gasteiger partial charge >= 0.3 is 5.51 Å². The molecule has 2 heterocycles. The number of rotatable bonds is 3. The number of anilines is 1. The molecule has 8 nitrogen and oxygen atoms in total. The van der Waals surface area contributed by atoms with Crippen molar-refractivity contribution < 1.29 is 21.6 Å². The number of nitrogen functional groups attached to an aromatic ring is 1. The Balaban J connectivity index is 2.15. The van der Waals surface area contributed by atoms with Crippen molar-refractivity contribution in [2.24, 2.45) is 0 Å². The molecule has 3 aromatic rings. The Morgan fingerprint density at radius 2 is 1.73 bits per heavy atom. The predicted molar refractivity (Wildman–Crippen MR) is 86.2 cm³/mol. The third kappa shape index (κ3) is 2.89. The van der Waals surface area contributed by atoms with Crippen LogP contribution in [0, 0.1) is 0 Å². The smallest absolute Gasteiger partial charge is 0.382 e. The first-order valence-electron chi connectivity index (χ1n) is 6.53. The Bertz CT molecular complexity index is 1060. The summed E-state index contributed by atoms with van der Waals surface area (Å²) in [4.78, 5) is 2.66. The average Bonchev–Trinajstić information content (AvgIpc) is 3.16. The molecule has 0 radical (unpaired) electrons. The molecule has 0 saturated heterocycles. The summed E-state index contributed by atoms with van der Waals surface area (Å²) in [5.74, 6) is 0.00530. The Morgan fingerprint density at radius 3 is 2.23 bits per heavy atom. The van der Waals surface area contributed by atoms with Crippen molar-refractivity contribution in [1.29, 1.82) is 0 Å². The summed E-state index contributed by atoms with van der Waals surface area (Å²) in [7, 11) is -5.61. The molecule has 0 atom stereocenters. The summed E-state index contributed by atoms with van der Waals surface area (Å²) >= 11 is 11.9. The third-order valence-electron chi connectivity index (χ3n) is 3.27. The number of aromatic nitrogens is 5. The molecule has 2 aromatic heterocycles. The Kier molecular flexibility index (Phi) is 4.37. The third-order valence-corrected chi connectivity index (χ3v) is 5.31. The number of alkyl halides is 3. The summed E-state index contributed by atoms with van der Waals surface area (Å²) < 4.78 is 63.5. The van der Waals surface area contributed by atoms with Gasteiger partial charge in [-0.2, -0.15) is 23.4 Å². The molecule has 138 valence electrons. The summed E-state index contributed by atoms with van der Waals surface area (Å²) in [6.45, 7) is 0. The highest BCUT2D eigenvalue weighted by Gasteiger charge is 2.47. The zero-order valence-electron chi connectivity index (χ0n) is 12.3. The molecule has 0 aliphatic rings. The molecule has 0 fully saturated rings. The van der Waals surface area contributed by atoms with Crippen LogP contribution in [0.25, 0.3) is 11.4 Å². The minimum atomic E-state index is -5.61. The molecule has 0 aliphatic heterocycles.